The van der Waals surface area contributed by atoms with Crippen molar-refractivity contribution in [2.75, 3.05) is 18.5 Å². The largest absolute Gasteiger partial charge is 0.491 e. The molecule has 0 bridgehead atoms. The average Bonchev–Trinajstić information content (AvgIpc) is 2.49. The van der Waals surface area contributed by atoms with Gasteiger partial charge in [0.05, 0.1) is 5.56 Å². The van der Waals surface area contributed by atoms with E-state index in [9.17, 15) is 18.3 Å². The van der Waals surface area contributed by atoms with Crippen molar-refractivity contribution in [3.8, 4) is 5.75 Å². The van der Waals surface area contributed by atoms with Crippen LogP contribution in [-0.4, -0.2) is 34.3 Å². The number of hydrogen-bond donors (Lipinski definition) is 2. The van der Waals surface area contributed by atoms with Crippen LogP contribution in [0.2, 0.25) is 0 Å². The zero-order chi connectivity index (χ0) is 17.7. The summed E-state index contributed by atoms with van der Waals surface area (Å²) in [6, 6.07) is 6.26. The van der Waals surface area contributed by atoms with Crippen molar-refractivity contribution >= 4 is 5.82 Å². The van der Waals surface area contributed by atoms with Crippen molar-refractivity contribution in [3.63, 3.8) is 0 Å². The van der Waals surface area contributed by atoms with Crippen LogP contribution in [0.3, 0.4) is 0 Å². The van der Waals surface area contributed by atoms with E-state index in [4.69, 9.17) is 4.74 Å². The molecule has 130 valence electrons. The normalized spacial score (nSPS) is 12.8. The van der Waals surface area contributed by atoms with Crippen molar-refractivity contribution in [2.45, 2.75) is 26.1 Å². The molecule has 0 radical (unpaired) electrons. The highest BCUT2D eigenvalue weighted by Crippen LogP contribution is 2.31. The van der Waals surface area contributed by atoms with Crippen molar-refractivity contribution in [1.82, 2.24) is 9.97 Å². The minimum absolute atomic E-state index is 0.0533. The SMILES string of the molecule is Cc1cc(NCC(O)COc2cccc(C(F)(F)F)c2)nc(C)n1. The lowest BCUT2D eigenvalue weighted by molar-refractivity contribution is -0.137. The van der Waals surface area contributed by atoms with Crippen LogP contribution in [0, 0.1) is 13.8 Å². The molecule has 0 spiro atoms. The second-order valence-corrected chi connectivity index (χ2v) is 5.31. The van der Waals surface area contributed by atoms with Gasteiger partial charge in [-0.2, -0.15) is 13.2 Å². The number of aryl methyl sites for hydroxylation is 2. The van der Waals surface area contributed by atoms with E-state index in [-0.39, 0.29) is 18.9 Å². The summed E-state index contributed by atoms with van der Waals surface area (Å²) in [7, 11) is 0. The molecule has 0 fully saturated rings. The van der Waals surface area contributed by atoms with Gasteiger partial charge >= 0.3 is 6.18 Å². The minimum atomic E-state index is -4.43. The van der Waals surface area contributed by atoms with Crippen molar-refractivity contribution in [2.24, 2.45) is 0 Å². The lowest BCUT2D eigenvalue weighted by Gasteiger charge is -2.15. The molecule has 8 heteroatoms. The summed E-state index contributed by atoms with van der Waals surface area (Å²) in [5, 5.41) is 12.8. The number of aliphatic hydroxyl groups excluding tert-OH is 1. The van der Waals surface area contributed by atoms with Gasteiger partial charge in [-0.15, -0.1) is 0 Å². The van der Waals surface area contributed by atoms with Gasteiger partial charge in [-0.3, -0.25) is 0 Å². The first kappa shape index (κ1) is 18.0. The average molecular weight is 341 g/mol. The maximum atomic E-state index is 12.6. The standard InChI is InChI=1S/C16H18F3N3O2/c1-10-6-15(22-11(2)21-10)20-8-13(23)9-24-14-5-3-4-12(7-14)16(17,18)19/h3-7,13,23H,8-9H2,1-2H3,(H,20,21,22). The first-order chi connectivity index (χ1) is 11.2. The molecule has 24 heavy (non-hydrogen) atoms. The van der Waals surface area contributed by atoms with Gasteiger partial charge in [0.1, 0.15) is 30.1 Å². The van der Waals surface area contributed by atoms with E-state index in [2.05, 4.69) is 15.3 Å². The number of nitrogens with one attached hydrogen (secondary N) is 1. The second-order valence-electron chi connectivity index (χ2n) is 5.31. The molecule has 0 saturated heterocycles. The molecule has 0 aliphatic rings. The number of halogens is 3. The molecule has 0 saturated carbocycles. The number of nitrogens with zero attached hydrogens (tertiary/aromatic N) is 2. The molecule has 1 atom stereocenters. The third-order valence-electron chi connectivity index (χ3n) is 3.09. The summed E-state index contributed by atoms with van der Waals surface area (Å²) in [5.41, 5.74) is -0.000689. The molecule has 1 aromatic carbocycles. The van der Waals surface area contributed by atoms with Gasteiger partial charge in [-0.1, -0.05) is 6.07 Å². The van der Waals surface area contributed by atoms with Gasteiger partial charge in [0.25, 0.3) is 0 Å². The Bertz CT molecular complexity index is 672. The molecule has 1 unspecified atom stereocenters. The first-order valence-electron chi connectivity index (χ1n) is 7.28. The van der Waals surface area contributed by atoms with E-state index in [0.717, 1.165) is 17.8 Å². The van der Waals surface area contributed by atoms with Crippen molar-refractivity contribution in [1.29, 1.82) is 0 Å². The third kappa shape index (κ3) is 5.38. The number of anilines is 1. The molecule has 0 amide bonds. The number of alkyl halides is 3. The third-order valence-corrected chi connectivity index (χ3v) is 3.09. The Morgan fingerprint density at radius 1 is 1.21 bits per heavy atom. The van der Waals surface area contributed by atoms with E-state index in [1.807, 2.05) is 6.92 Å². The summed E-state index contributed by atoms with van der Waals surface area (Å²) in [5.74, 6) is 1.22. The summed E-state index contributed by atoms with van der Waals surface area (Å²) < 4.78 is 43.1. The predicted octanol–water partition coefficient (Wildman–Crippen LogP) is 2.96. The summed E-state index contributed by atoms with van der Waals surface area (Å²) in [4.78, 5) is 8.30. The van der Waals surface area contributed by atoms with Crippen LogP contribution in [0.25, 0.3) is 0 Å². The van der Waals surface area contributed by atoms with Crippen molar-refractivity contribution < 1.29 is 23.0 Å². The van der Waals surface area contributed by atoms with E-state index in [0.29, 0.717) is 11.6 Å². The molecule has 2 N–H and O–H groups in total. The highest BCUT2D eigenvalue weighted by molar-refractivity contribution is 5.35. The van der Waals surface area contributed by atoms with Gasteiger partial charge < -0.3 is 15.2 Å². The fourth-order valence-electron chi connectivity index (χ4n) is 2.04. The molecule has 0 aliphatic carbocycles. The maximum absolute atomic E-state index is 12.6. The predicted molar refractivity (Wildman–Crippen MR) is 82.9 cm³/mol. The van der Waals surface area contributed by atoms with Gasteiger partial charge in [-0.05, 0) is 32.0 Å². The van der Waals surface area contributed by atoms with Gasteiger partial charge in [0.15, 0.2) is 0 Å². The van der Waals surface area contributed by atoms with Crippen LogP contribution in [0.4, 0.5) is 19.0 Å². The van der Waals surface area contributed by atoms with E-state index in [1.165, 1.54) is 12.1 Å². The van der Waals surface area contributed by atoms with E-state index >= 15 is 0 Å². The fraction of sp³-hybridized carbons (Fsp3) is 0.375. The maximum Gasteiger partial charge on any atom is 0.416 e. The number of aromatic nitrogens is 2. The number of rotatable bonds is 6. The zero-order valence-electron chi connectivity index (χ0n) is 13.3. The van der Waals surface area contributed by atoms with Crippen molar-refractivity contribution in [3.05, 3.63) is 47.4 Å². The fourth-order valence-corrected chi connectivity index (χ4v) is 2.04. The Labute approximate surface area is 137 Å². The van der Waals surface area contributed by atoms with Gasteiger partial charge in [0.2, 0.25) is 0 Å². The van der Waals surface area contributed by atoms with E-state index in [1.54, 1.807) is 13.0 Å². The lowest BCUT2D eigenvalue weighted by Crippen LogP contribution is -2.26. The smallest absolute Gasteiger partial charge is 0.416 e. The highest BCUT2D eigenvalue weighted by Gasteiger charge is 2.30. The molecule has 5 nitrogen and oxygen atoms in total. The Balaban J connectivity index is 1.86. The van der Waals surface area contributed by atoms with Gasteiger partial charge in [-0.25, -0.2) is 9.97 Å². The highest BCUT2D eigenvalue weighted by atomic mass is 19.4. The van der Waals surface area contributed by atoms with Crippen LogP contribution in [0.15, 0.2) is 30.3 Å². The van der Waals surface area contributed by atoms with E-state index < -0.39 is 17.8 Å². The van der Waals surface area contributed by atoms with Crippen LogP contribution < -0.4 is 10.1 Å². The summed E-state index contributed by atoms with van der Waals surface area (Å²) in [6.07, 6.45) is -5.34. The topological polar surface area (TPSA) is 67.3 Å². The molecular formula is C16H18F3N3O2. The Morgan fingerprint density at radius 3 is 2.62 bits per heavy atom. The quantitative estimate of drug-likeness (QED) is 0.846. The number of benzene rings is 1. The molecular weight excluding hydrogens is 323 g/mol. The Morgan fingerprint density at radius 2 is 1.96 bits per heavy atom. The number of aliphatic hydroxyl groups is 1. The Hall–Kier alpha value is -2.35. The Kier molecular flexibility index (Phi) is 5.61. The zero-order valence-corrected chi connectivity index (χ0v) is 13.3. The van der Waals surface area contributed by atoms with Crippen LogP contribution in [-0.2, 0) is 6.18 Å². The monoisotopic (exact) mass is 341 g/mol. The number of ether oxygens (including phenoxy) is 1. The summed E-state index contributed by atoms with van der Waals surface area (Å²) >= 11 is 0. The van der Waals surface area contributed by atoms with Crippen LogP contribution >= 0.6 is 0 Å². The van der Waals surface area contributed by atoms with Crippen LogP contribution in [0.5, 0.6) is 5.75 Å². The minimum Gasteiger partial charge on any atom is -0.491 e. The molecule has 1 heterocycles. The van der Waals surface area contributed by atoms with Gasteiger partial charge in [0, 0.05) is 18.3 Å². The first-order valence-corrected chi connectivity index (χ1v) is 7.28. The lowest BCUT2D eigenvalue weighted by atomic mass is 10.2. The second kappa shape index (κ2) is 7.48. The molecule has 2 aromatic rings. The van der Waals surface area contributed by atoms with Crippen LogP contribution in [0.1, 0.15) is 17.1 Å². The molecule has 2 rings (SSSR count). The molecule has 0 aliphatic heterocycles. The number of hydrogen-bond acceptors (Lipinski definition) is 5. The summed E-state index contributed by atoms with van der Waals surface area (Å²) in [6.45, 7) is 3.59. The molecule has 1 aromatic heterocycles.